The molecule has 30 heavy (non-hydrogen) atoms. The van der Waals surface area contributed by atoms with Crippen LogP contribution in [0.4, 0.5) is 0 Å². The number of hydrogen-bond donors (Lipinski definition) is 1. The Bertz CT molecular complexity index is 861. The van der Waals surface area contributed by atoms with Crippen molar-refractivity contribution in [2.75, 3.05) is 32.8 Å². The molecule has 3 rings (SSSR count). The molecule has 1 N–H and O–H groups in total. The molecule has 0 saturated carbocycles. The molecule has 1 aliphatic rings. The Balaban J connectivity index is 1.44. The summed E-state index contributed by atoms with van der Waals surface area (Å²) in [7, 11) is 0. The number of ether oxygens (including phenoxy) is 2. The first-order valence-electron chi connectivity index (χ1n) is 10.4. The van der Waals surface area contributed by atoms with Crippen molar-refractivity contribution in [3.05, 3.63) is 58.5 Å². The number of amides is 1. The average Bonchev–Trinajstić information content (AvgIpc) is 2.72. The van der Waals surface area contributed by atoms with Gasteiger partial charge in [-0.25, -0.2) is 4.68 Å². The summed E-state index contributed by atoms with van der Waals surface area (Å²) in [6.45, 7) is 8.00. The van der Waals surface area contributed by atoms with Crippen LogP contribution in [0, 0.1) is 0 Å². The van der Waals surface area contributed by atoms with E-state index < -0.39 is 0 Å². The Morgan fingerprint density at radius 1 is 1.13 bits per heavy atom. The molecular weight excluding hydrogens is 384 g/mol. The highest BCUT2D eigenvalue weighted by molar-refractivity contribution is 5.91. The third-order valence-electron chi connectivity index (χ3n) is 4.85. The van der Waals surface area contributed by atoms with Crippen molar-refractivity contribution in [1.82, 2.24) is 20.0 Å². The van der Waals surface area contributed by atoms with E-state index in [1.54, 1.807) is 0 Å². The largest absolute Gasteiger partial charge is 0.492 e. The lowest BCUT2D eigenvalue weighted by atomic mass is 10.2. The van der Waals surface area contributed by atoms with Gasteiger partial charge < -0.3 is 14.8 Å². The van der Waals surface area contributed by atoms with E-state index in [9.17, 15) is 9.59 Å². The predicted molar refractivity (Wildman–Crippen MR) is 114 cm³/mol. The van der Waals surface area contributed by atoms with Gasteiger partial charge in [0.25, 0.3) is 11.5 Å². The summed E-state index contributed by atoms with van der Waals surface area (Å²) >= 11 is 0. The Kier molecular flexibility index (Phi) is 7.98. The smallest absolute Gasteiger partial charge is 0.271 e. The fourth-order valence-corrected chi connectivity index (χ4v) is 3.56. The topological polar surface area (TPSA) is 85.7 Å². The van der Waals surface area contributed by atoms with Gasteiger partial charge in [0.2, 0.25) is 0 Å². The van der Waals surface area contributed by atoms with Crippen LogP contribution in [0.2, 0.25) is 0 Å². The predicted octanol–water partition coefficient (Wildman–Crippen LogP) is 1.55. The van der Waals surface area contributed by atoms with Crippen LogP contribution < -0.4 is 15.6 Å². The fraction of sp³-hybridized carbons (Fsp3) is 0.500. The third-order valence-corrected chi connectivity index (χ3v) is 4.85. The first kappa shape index (κ1) is 22.0. The van der Waals surface area contributed by atoms with E-state index in [0.717, 1.165) is 31.8 Å². The lowest BCUT2D eigenvalue weighted by Crippen LogP contribution is -2.46. The van der Waals surface area contributed by atoms with Gasteiger partial charge in [0.1, 0.15) is 18.1 Å². The number of benzene rings is 1. The van der Waals surface area contributed by atoms with E-state index in [1.807, 2.05) is 30.3 Å². The van der Waals surface area contributed by atoms with Gasteiger partial charge in [0, 0.05) is 32.2 Å². The van der Waals surface area contributed by atoms with Crippen molar-refractivity contribution in [3.63, 3.8) is 0 Å². The molecule has 0 radical (unpaired) electrons. The monoisotopic (exact) mass is 414 g/mol. The van der Waals surface area contributed by atoms with Crippen molar-refractivity contribution in [3.8, 4) is 5.75 Å². The van der Waals surface area contributed by atoms with Crippen molar-refractivity contribution in [2.24, 2.45) is 0 Å². The number of morpholine rings is 1. The van der Waals surface area contributed by atoms with E-state index in [0.29, 0.717) is 13.2 Å². The minimum atomic E-state index is -0.281. The molecule has 2 heterocycles. The summed E-state index contributed by atoms with van der Waals surface area (Å²) in [6.07, 6.45) is 1.31. The van der Waals surface area contributed by atoms with Crippen molar-refractivity contribution in [1.29, 1.82) is 0 Å². The van der Waals surface area contributed by atoms with Crippen LogP contribution in [0.5, 0.6) is 5.75 Å². The van der Waals surface area contributed by atoms with E-state index in [4.69, 9.17) is 9.47 Å². The molecule has 8 nitrogen and oxygen atoms in total. The third kappa shape index (κ3) is 6.67. The van der Waals surface area contributed by atoms with Crippen LogP contribution in [0.25, 0.3) is 0 Å². The van der Waals surface area contributed by atoms with E-state index in [-0.39, 0.29) is 35.9 Å². The van der Waals surface area contributed by atoms with Gasteiger partial charge in [0.15, 0.2) is 0 Å². The zero-order valence-electron chi connectivity index (χ0n) is 17.6. The molecule has 1 aliphatic heterocycles. The SMILES string of the molecule is CC1CN(CCCNC(=O)c2ccc(=O)n(CCOc3ccccc3)n2)CC(C)O1. The number of nitrogens with zero attached hydrogens (tertiary/aromatic N) is 3. The first-order chi connectivity index (χ1) is 14.5. The molecule has 1 aromatic carbocycles. The maximum Gasteiger partial charge on any atom is 0.271 e. The minimum absolute atomic E-state index is 0.225. The first-order valence-corrected chi connectivity index (χ1v) is 10.4. The molecule has 8 heteroatoms. The van der Waals surface area contributed by atoms with Gasteiger partial charge in [-0.2, -0.15) is 5.10 Å². The number of hydrogen-bond acceptors (Lipinski definition) is 6. The van der Waals surface area contributed by atoms with Gasteiger partial charge in [-0.1, -0.05) is 18.2 Å². The highest BCUT2D eigenvalue weighted by Gasteiger charge is 2.21. The van der Waals surface area contributed by atoms with Crippen LogP contribution in [0.1, 0.15) is 30.8 Å². The summed E-state index contributed by atoms with van der Waals surface area (Å²) in [5, 5.41) is 7.06. The second-order valence-electron chi connectivity index (χ2n) is 7.57. The average molecular weight is 415 g/mol. The zero-order valence-corrected chi connectivity index (χ0v) is 17.6. The van der Waals surface area contributed by atoms with Crippen LogP contribution in [-0.4, -0.2) is 65.6 Å². The van der Waals surface area contributed by atoms with Gasteiger partial charge >= 0.3 is 0 Å². The number of nitrogens with one attached hydrogen (secondary N) is 1. The fourth-order valence-electron chi connectivity index (χ4n) is 3.56. The van der Waals surface area contributed by atoms with Crippen LogP contribution in [0.15, 0.2) is 47.3 Å². The Hall–Kier alpha value is -2.71. The number of rotatable bonds is 9. The van der Waals surface area contributed by atoms with Gasteiger partial charge in [-0.3, -0.25) is 14.5 Å². The van der Waals surface area contributed by atoms with Gasteiger partial charge in [0.05, 0.1) is 18.8 Å². The molecule has 2 atom stereocenters. The second kappa shape index (κ2) is 10.9. The lowest BCUT2D eigenvalue weighted by molar-refractivity contribution is -0.0680. The Morgan fingerprint density at radius 3 is 2.60 bits per heavy atom. The molecule has 162 valence electrons. The Labute approximate surface area is 176 Å². The highest BCUT2D eigenvalue weighted by atomic mass is 16.5. The normalized spacial score (nSPS) is 19.4. The van der Waals surface area contributed by atoms with Crippen LogP contribution >= 0.6 is 0 Å². The number of carbonyl (C=O) groups excluding carboxylic acids is 1. The molecule has 1 saturated heterocycles. The summed E-state index contributed by atoms with van der Waals surface area (Å²) in [5.74, 6) is 0.444. The quantitative estimate of drug-likeness (QED) is 0.627. The van der Waals surface area contributed by atoms with E-state index >= 15 is 0 Å². The second-order valence-corrected chi connectivity index (χ2v) is 7.57. The van der Waals surface area contributed by atoms with E-state index in [1.165, 1.54) is 16.8 Å². The van der Waals surface area contributed by atoms with Gasteiger partial charge in [-0.15, -0.1) is 0 Å². The van der Waals surface area contributed by atoms with E-state index in [2.05, 4.69) is 29.2 Å². The van der Waals surface area contributed by atoms with Crippen LogP contribution in [0.3, 0.4) is 0 Å². The summed E-state index contributed by atoms with van der Waals surface area (Å²) in [4.78, 5) is 26.8. The van der Waals surface area contributed by atoms with Crippen molar-refractivity contribution < 1.29 is 14.3 Å². The summed E-state index contributed by atoms with van der Waals surface area (Å²) in [5.41, 5.74) is -0.0401. The number of aromatic nitrogens is 2. The van der Waals surface area contributed by atoms with Crippen molar-refractivity contribution >= 4 is 5.91 Å². The number of para-hydroxylation sites is 1. The maximum atomic E-state index is 12.4. The lowest BCUT2D eigenvalue weighted by Gasteiger charge is -2.35. The molecule has 2 unspecified atom stereocenters. The highest BCUT2D eigenvalue weighted by Crippen LogP contribution is 2.10. The molecular formula is C22H30N4O4. The minimum Gasteiger partial charge on any atom is -0.492 e. The van der Waals surface area contributed by atoms with Gasteiger partial charge in [-0.05, 0) is 38.5 Å². The molecule has 1 fully saturated rings. The molecule has 1 aromatic heterocycles. The van der Waals surface area contributed by atoms with Crippen LogP contribution in [-0.2, 0) is 11.3 Å². The molecule has 2 aromatic rings. The number of carbonyl (C=O) groups is 1. The molecule has 0 bridgehead atoms. The van der Waals surface area contributed by atoms with Crippen molar-refractivity contribution in [2.45, 2.75) is 39.0 Å². The Morgan fingerprint density at radius 2 is 1.87 bits per heavy atom. The molecule has 0 aliphatic carbocycles. The molecule has 1 amide bonds. The summed E-state index contributed by atoms with van der Waals surface area (Å²) in [6, 6.07) is 12.2. The summed E-state index contributed by atoms with van der Waals surface area (Å²) < 4.78 is 12.6. The zero-order chi connectivity index (χ0) is 21.3. The molecule has 0 spiro atoms. The maximum absolute atomic E-state index is 12.4. The standard InChI is InChI=1S/C22H30N4O4/c1-17-15-25(16-18(2)30-17)12-6-11-23-22(28)20-9-10-21(27)26(24-20)13-14-29-19-7-4-3-5-8-19/h3-5,7-10,17-18H,6,11-16H2,1-2H3,(H,23,28).